The molecule has 0 spiro atoms. The van der Waals surface area contributed by atoms with Crippen molar-refractivity contribution in [1.29, 1.82) is 0 Å². The van der Waals surface area contributed by atoms with Crippen LogP contribution in [0.4, 0.5) is 17.3 Å². The summed E-state index contributed by atoms with van der Waals surface area (Å²) >= 11 is 0. The molecule has 0 saturated carbocycles. The molecule has 0 atom stereocenters. The molecule has 1 rings (SSSR count). The van der Waals surface area contributed by atoms with E-state index in [-0.39, 0.29) is 12.4 Å². The summed E-state index contributed by atoms with van der Waals surface area (Å²) in [4.78, 5) is 2.03. The summed E-state index contributed by atoms with van der Waals surface area (Å²) in [6, 6.07) is 2.48. The molecule has 0 unspecified atom stereocenters. The number of hydrogen-bond acceptors (Lipinski definition) is 2. The Morgan fingerprint density at radius 1 is 1.16 bits per heavy atom. The molecule has 7 heteroatoms. The Labute approximate surface area is 110 Å². The van der Waals surface area contributed by atoms with E-state index in [1.807, 2.05) is 18.7 Å². The lowest BCUT2D eigenvalue weighted by molar-refractivity contribution is 0.223. The Morgan fingerprint density at radius 2 is 1.79 bits per heavy atom. The number of likely N-dealkylation sites (N-methyl/N-ethyl adjacent to an activating group) is 1. The SMILES string of the molecule is CCN(CC)CCOc1ccc(F)cc1[B-](F)(F)F. The summed E-state index contributed by atoms with van der Waals surface area (Å²) < 4.78 is 56.3. The van der Waals surface area contributed by atoms with Crippen molar-refractivity contribution in [3.63, 3.8) is 0 Å². The first-order valence-electron chi connectivity index (χ1n) is 6.23. The standard InChI is InChI=1S/C12H17BF4NO/c1-3-18(4-2)7-8-19-12-6-5-10(14)9-11(12)13(15,16)17/h5-6,9H,3-4,7-8H2,1-2H3/q-1. The molecule has 108 valence electrons. The molecule has 0 aliphatic carbocycles. The first-order valence-corrected chi connectivity index (χ1v) is 6.23. The van der Waals surface area contributed by atoms with Gasteiger partial charge in [0.15, 0.2) is 0 Å². The summed E-state index contributed by atoms with van der Waals surface area (Å²) in [5.74, 6) is -1.22. The van der Waals surface area contributed by atoms with E-state index in [0.29, 0.717) is 12.6 Å². The van der Waals surface area contributed by atoms with E-state index in [2.05, 4.69) is 0 Å². The normalized spacial score (nSPS) is 11.9. The van der Waals surface area contributed by atoms with E-state index in [1.54, 1.807) is 0 Å². The summed E-state index contributed by atoms with van der Waals surface area (Å²) in [6.45, 7) is 0.942. The van der Waals surface area contributed by atoms with Gasteiger partial charge in [0.05, 0.1) is 5.75 Å². The molecule has 0 saturated heterocycles. The zero-order valence-electron chi connectivity index (χ0n) is 11.0. The van der Waals surface area contributed by atoms with Gasteiger partial charge in [0, 0.05) is 6.54 Å². The van der Waals surface area contributed by atoms with Crippen molar-refractivity contribution in [3.05, 3.63) is 24.0 Å². The fourth-order valence-corrected chi connectivity index (χ4v) is 1.73. The maximum absolute atomic E-state index is 12.9. The summed E-state index contributed by atoms with van der Waals surface area (Å²) in [6.07, 6.45) is 0. The molecule has 0 heterocycles. The number of halogens is 4. The second-order valence-corrected chi connectivity index (χ2v) is 4.13. The third-order valence-electron chi connectivity index (χ3n) is 2.88. The minimum Gasteiger partial charge on any atom is -0.495 e. The van der Waals surface area contributed by atoms with Crippen LogP contribution in [0.25, 0.3) is 0 Å². The first kappa shape index (κ1) is 15.8. The molecule has 0 bridgehead atoms. The number of rotatable bonds is 7. The molecule has 0 aliphatic rings. The molecule has 2 nitrogen and oxygen atoms in total. The first-order chi connectivity index (χ1) is 8.88. The van der Waals surface area contributed by atoms with E-state index in [4.69, 9.17) is 4.74 Å². The lowest BCUT2D eigenvalue weighted by atomic mass is 9.79. The van der Waals surface area contributed by atoms with Gasteiger partial charge in [0.1, 0.15) is 12.4 Å². The van der Waals surface area contributed by atoms with E-state index in [1.165, 1.54) is 0 Å². The molecule has 19 heavy (non-hydrogen) atoms. The highest BCUT2D eigenvalue weighted by atomic mass is 19.4. The van der Waals surface area contributed by atoms with Crippen LogP contribution in [0, 0.1) is 5.82 Å². The van der Waals surface area contributed by atoms with Crippen LogP contribution in [-0.2, 0) is 0 Å². The van der Waals surface area contributed by atoms with Crippen molar-refractivity contribution in [1.82, 2.24) is 4.90 Å². The molecule has 0 N–H and O–H groups in total. The maximum atomic E-state index is 12.9. The zero-order valence-corrected chi connectivity index (χ0v) is 11.0. The third kappa shape index (κ3) is 4.74. The quantitative estimate of drug-likeness (QED) is 0.561. The van der Waals surface area contributed by atoms with Crippen LogP contribution < -0.4 is 10.2 Å². The second kappa shape index (κ2) is 6.79. The average Bonchev–Trinajstić information content (AvgIpc) is 2.35. The Bertz CT molecular complexity index is 407. The van der Waals surface area contributed by atoms with Gasteiger partial charge in [0.25, 0.3) is 0 Å². The van der Waals surface area contributed by atoms with Crippen molar-refractivity contribution in [2.24, 2.45) is 0 Å². The Balaban J connectivity index is 2.73. The van der Waals surface area contributed by atoms with Crippen molar-refractivity contribution >= 4 is 12.4 Å². The van der Waals surface area contributed by atoms with Crippen molar-refractivity contribution < 1.29 is 22.1 Å². The van der Waals surface area contributed by atoms with Crippen LogP contribution >= 0.6 is 0 Å². The molecule has 0 radical (unpaired) electrons. The lowest BCUT2D eigenvalue weighted by Crippen LogP contribution is -2.36. The van der Waals surface area contributed by atoms with E-state index < -0.39 is 18.3 Å². The Morgan fingerprint density at radius 3 is 2.32 bits per heavy atom. The topological polar surface area (TPSA) is 12.5 Å². The summed E-state index contributed by atoms with van der Waals surface area (Å²) in [7, 11) is 0. The second-order valence-electron chi connectivity index (χ2n) is 4.13. The van der Waals surface area contributed by atoms with Crippen LogP contribution in [0.1, 0.15) is 13.8 Å². The Hall–Kier alpha value is -1.24. The van der Waals surface area contributed by atoms with Gasteiger partial charge in [-0.2, -0.15) is 0 Å². The third-order valence-corrected chi connectivity index (χ3v) is 2.88. The fourth-order valence-electron chi connectivity index (χ4n) is 1.73. The summed E-state index contributed by atoms with van der Waals surface area (Å²) in [5.41, 5.74) is -1.01. The molecule has 0 aromatic heterocycles. The van der Waals surface area contributed by atoms with E-state index >= 15 is 0 Å². The monoisotopic (exact) mass is 278 g/mol. The van der Waals surface area contributed by atoms with Crippen LogP contribution in [0.2, 0.25) is 0 Å². The van der Waals surface area contributed by atoms with Gasteiger partial charge in [-0.25, -0.2) is 4.39 Å². The zero-order chi connectivity index (χ0) is 14.5. The van der Waals surface area contributed by atoms with E-state index in [0.717, 1.165) is 25.2 Å². The Kier molecular flexibility index (Phi) is 5.66. The highest BCUT2D eigenvalue weighted by molar-refractivity contribution is 6.74. The van der Waals surface area contributed by atoms with Crippen molar-refractivity contribution in [2.75, 3.05) is 26.2 Å². The molecule has 0 amide bonds. The van der Waals surface area contributed by atoms with Gasteiger partial charge in [-0.3, -0.25) is 0 Å². The van der Waals surface area contributed by atoms with Gasteiger partial charge >= 0.3 is 6.98 Å². The van der Waals surface area contributed by atoms with Gasteiger partial charge in [-0.1, -0.05) is 19.3 Å². The molecular weight excluding hydrogens is 261 g/mol. The number of ether oxygens (including phenoxy) is 1. The van der Waals surface area contributed by atoms with Crippen molar-refractivity contribution in [2.45, 2.75) is 13.8 Å². The minimum absolute atomic E-state index is 0.145. The highest BCUT2D eigenvalue weighted by Crippen LogP contribution is 2.18. The minimum atomic E-state index is -5.28. The predicted molar refractivity (Wildman–Crippen MR) is 68.4 cm³/mol. The largest absolute Gasteiger partial charge is 0.513 e. The molecule has 0 fully saturated rings. The highest BCUT2D eigenvalue weighted by Gasteiger charge is 2.29. The van der Waals surface area contributed by atoms with Crippen LogP contribution in [-0.4, -0.2) is 38.1 Å². The van der Waals surface area contributed by atoms with Crippen LogP contribution in [0.15, 0.2) is 18.2 Å². The molecular formula is C12H17BF4NO-. The molecule has 0 aliphatic heterocycles. The molecule has 1 aromatic carbocycles. The summed E-state index contributed by atoms with van der Waals surface area (Å²) in [5, 5.41) is 0. The maximum Gasteiger partial charge on any atom is 0.513 e. The lowest BCUT2D eigenvalue weighted by Gasteiger charge is -2.22. The predicted octanol–water partition coefficient (Wildman–Crippen LogP) is 2.60. The van der Waals surface area contributed by atoms with Gasteiger partial charge in [-0.05, 0) is 31.3 Å². The average molecular weight is 278 g/mol. The number of hydrogen-bond donors (Lipinski definition) is 0. The fraction of sp³-hybridized carbons (Fsp3) is 0.500. The van der Waals surface area contributed by atoms with Crippen molar-refractivity contribution in [3.8, 4) is 5.75 Å². The van der Waals surface area contributed by atoms with Crippen LogP contribution in [0.5, 0.6) is 5.75 Å². The van der Waals surface area contributed by atoms with Gasteiger partial charge in [-0.15, -0.1) is 0 Å². The van der Waals surface area contributed by atoms with Gasteiger partial charge in [0.2, 0.25) is 0 Å². The molecule has 1 aromatic rings. The number of nitrogens with zero attached hydrogens (tertiary/aromatic N) is 1. The van der Waals surface area contributed by atoms with E-state index in [9.17, 15) is 17.3 Å². The van der Waals surface area contributed by atoms with Crippen LogP contribution in [0.3, 0.4) is 0 Å². The smallest absolute Gasteiger partial charge is 0.495 e. The van der Waals surface area contributed by atoms with Gasteiger partial charge < -0.3 is 22.6 Å². The number of benzene rings is 1.